The molecule has 1 aliphatic heterocycles. The van der Waals surface area contributed by atoms with Crippen molar-refractivity contribution in [2.45, 2.75) is 51.0 Å². The Labute approximate surface area is 80.0 Å². The average Bonchev–Trinajstić information content (AvgIpc) is 2.43. The maximum absolute atomic E-state index is 5.68. The minimum atomic E-state index is 0.684. The Morgan fingerprint density at radius 2 is 1.85 bits per heavy atom. The molecule has 0 atom stereocenters. The topological polar surface area (TPSA) is 41.6 Å². The van der Waals surface area contributed by atoms with Crippen LogP contribution < -0.4 is 5.73 Å². The minimum absolute atomic E-state index is 0.684. The summed E-state index contributed by atoms with van der Waals surface area (Å²) in [5, 5.41) is 6.60. The third-order valence-corrected chi connectivity index (χ3v) is 3.10. The van der Waals surface area contributed by atoms with E-state index in [1.165, 1.54) is 38.5 Å². The molecule has 0 radical (unpaired) electrons. The number of nitrogens with two attached hydrogens (primary N) is 1. The molecule has 74 valence electrons. The molecule has 2 aliphatic rings. The van der Waals surface area contributed by atoms with Gasteiger partial charge in [0.15, 0.2) is 0 Å². The lowest BCUT2D eigenvalue weighted by molar-refractivity contribution is 0.206. The van der Waals surface area contributed by atoms with Crippen LogP contribution in [0.4, 0.5) is 0 Å². The van der Waals surface area contributed by atoms with Crippen LogP contribution in [0.15, 0.2) is 5.10 Å². The van der Waals surface area contributed by atoms with Gasteiger partial charge in [0.05, 0.1) is 0 Å². The molecule has 0 bridgehead atoms. The molecule has 1 aliphatic carbocycles. The van der Waals surface area contributed by atoms with Crippen LogP contribution in [0.1, 0.15) is 44.9 Å². The Morgan fingerprint density at radius 1 is 1.15 bits per heavy atom. The second kappa shape index (κ2) is 3.99. The molecular formula is C10H19N3. The second-order valence-electron chi connectivity index (χ2n) is 4.15. The highest BCUT2D eigenvalue weighted by Gasteiger charge is 2.22. The van der Waals surface area contributed by atoms with Crippen LogP contribution >= 0.6 is 0 Å². The highest BCUT2D eigenvalue weighted by molar-refractivity contribution is 5.81. The number of amidine groups is 1. The highest BCUT2D eigenvalue weighted by atomic mass is 15.5. The van der Waals surface area contributed by atoms with E-state index in [1.807, 2.05) is 0 Å². The summed E-state index contributed by atoms with van der Waals surface area (Å²) in [6.07, 6.45) is 9.16. The summed E-state index contributed by atoms with van der Waals surface area (Å²) in [4.78, 5) is 0. The van der Waals surface area contributed by atoms with Crippen LogP contribution in [0.3, 0.4) is 0 Å². The van der Waals surface area contributed by atoms with Gasteiger partial charge in [0.25, 0.3) is 0 Å². The Balaban J connectivity index is 1.91. The van der Waals surface area contributed by atoms with Gasteiger partial charge < -0.3 is 5.73 Å². The van der Waals surface area contributed by atoms with E-state index >= 15 is 0 Å². The van der Waals surface area contributed by atoms with E-state index in [0.717, 1.165) is 18.8 Å². The van der Waals surface area contributed by atoms with Gasteiger partial charge in [-0.2, -0.15) is 5.10 Å². The van der Waals surface area contributed by atoms with Crippen molar-refractivity contribution in [3.8, 4) is 0 Å². The van der Waals surface area contributed by atoms with E-state index < -0.39 is 0 Å². The molecule has 0 saturated heterocycles. The van der Waals surface area contributed by atoms with Crippen molar-refractivity contribution in [1.82, 2.24) is 5.01 Å². The smallest absolute Gasteiger partial charge is 0.121 e. The fraction of sp³-hybridized carbons (Fsp3) is 0.900. The van der Waals surface area contributed by atoms with Crippen molar-refractivity contribution in [1.29, 1.82) is 0 Å². The Morgan fingerprint density at radius 3 is 2.38 bits per heavy atom. The third kappa shape index (κ3) is 2.14. The Kier molecular flexibility index (Phi) is 2.71. The molecule has 1 fully saturated rings. The van der Waals surface area contributed by atoms with E-state index in [2.05, 4.69) is 10.1 Å². The van der Waals surface area contributed by atoms with Crippen molar-refractivity contribution in [3.05, 3.63) is 0 Å². The largest absolute Gasteiger partial charge is 0.386 e. The van der Waals surface area contributed by atoms with Gasteiger partial charge in [-0.15, -0.1) is 0 Å². The molecule has 2 rings (SSSR count). The van der Waals surface area contributed by atoms with Crippen LogP contribution in [0.2, 0.25) is 0 Å². The van der Waals surface area contributed by atoms with E-state index in [4.69, 9.17) is 5.73 Å². The van der Waals surface area contributed by atoms with Gasteiger partial charge >= 0.3 is 0 Å². The molecule has 0 unspecified atom stereocenters. The first-order valence-electron chi connectivity index (χ1n) is 5.46. The zero-order valence-corrected chi connectivity index (χ0v) is 8.21. The molecule has 1 heterocycles. The number of hydrazone groups is 1. The van der Waals surface area contributed by atoms with Gasteiger partial charge in [-0.1, -0.05) is 25.7 Å². The lowest BCUT2D eigenvalue weighted by atomic mass is 10.1. The highest BCUT2D eigenvalue weighted by Crippen LogP contribution is 2.23. The number of nitrogens with zero attached hydrogens (tertiary/aromatic N) is 2. The summed E-state index contributed by atoms with van der Waals surface area (Å²) >= 11 is 0. The van der Waals surface area contributed by atoms with Crippen molar-refractivity contribution in [2.24, 2.45) is 10.8 Å². The van der Waals surface area contributed by atoms with Crippen LogP contribution in [0.25, 0.3) is 0 Å². The normalized spacial score (nSPS) is 25.8. The molecule has 3 nitrogen and oxygen atoms in total. The molecule has 0 aromatic carbocycles. The lowest BCUT2D eigenvalue weighted by Gasteiger charge is -2.24. The standard InChI is InChI=1S/C10H19N3/c11-10-7-8-13(12-10)9-5-3-1-2-4-6-9/h9H,1-8H2,(H2,11,12). The molecular weight excluding hydrogens is 162 g/mol. The zero-order valence-electron chi connectivity index (χ0n) is 8.21. The lowest BCUT2D eigenvalue weighted by Crippen LogP contribution is -2.28. The van der Waals surface area contributed by atoms with Gasteiger partial charge in [-0.25, -0.2) is 0 Å². The SMILES string of the molecule is NC1=NN(C2CCCCCC2)CC1. The average molecular weight is 181 g/mol. The fourth-order valence-corrected chi connectivity index (χ4v) is 2.31. The van der Waals surface area contributed by atoms with Gasteiger partial charge in [-0.05, 0) is 12.8 Å². The minimum Gasteiger partial charge on any atom is -0.386 e. The fourth-order valence-electron chi connectivity index (χ4n) is 2.31. The first-order chi connectivity index (χ1) is 6.36. The van der Waals surface area contributed by atoms with Gasteiger partial charge in [-0.3, -0.25) is 5.01 Å². The van der Waals surface area contributed by atoms with Gasteiger partial charge in [0.2, 0.25) is 0 Å². The molecule has 1 saturated carbocycles. The van der Waals surface area contributed by atoms with E-state index in [-0.39, 0.29) is 0 Å². The monoisotopic (exact) mass is 181 g/mol. The number of rotatable bonds is 1. The van der Waals surface area contributed by atoms with Crippen LogP contribution in [-0.4, -0.2) is 23.4 Å². The predicted molar refractivity (Wildman–Crippen MR) is 54.4 cm³/mol. The summed E-state index contributed by atoms with van der Waals surface area (Å²) in [6, 6.07) is 0.684. The number of hydrogen-bond donors (Lipinski definition) is 1. The molecule has 2 N–H and O–H groups in total. The first-order valence-corrected chi connectivity index (χ1v) is 5.46. The van der Waals surface area contributed by atoms with Gasteiger partial charge in [0.1, 0.15) is 5.84 Å². The molecule has 0 aromatic heterocycles. The molecule has 0 spiro atoms. The maximum atomic E-state index is 5.68. The number of hydrogen-bond acceptors (Lipinski definition) is 3. The van der Waals surface area contributed by atoms with Crippen molar-refractivity contribution in [3.63, 3.8) is 0 Å². The Bertz CT molecular complexity index is 192. The summed E-state index contributed by atoms with van der Waals surface area (Å²) in [7, 11) is 0. The molecule has 13 heavy (non-hydrogen) atoms. The van der Waals surface area contributed by atoms with Crippen molar-refractivity contribution in [2.75, 3.05) is 6.54 Å². The third-order valence-electron chi connectivity index (χ3n) is 3.10. The molecule has 0 aromatic rings. The van der Waals surface area contributed by atoms with E-state index in [0.29, 0.717) is 6.04 Å². The van der Waals surface area contributed by atoms with Crippen molar-refractivity contribution >= 4 is 5.84 Å². The van der Waals surface area contributed by atoms with Gasteiger partial charge in [0, 0.05) is 19.0 Å². The zero-order chi connectivity index (χ0) is 9.10. The quantitative estimate of drug-likeness (QED) is 0.625. The van der Waals surface area contributed by atoms with E-state index in [9.17, 15) is 0 Å². The first kappa shape index (κ1) is 8.85. The predicted octanol–water partition coefficient (Wildman–Crippen LogP) is 1.69. The van der Waals surface area contributed by atoms with Crippen LogP contribution in [0, 0.1) is 0 Å². The van der Waals surface area contributed by atoms with Crippen LogP contribution in [-0.2, 0) is 0 Å². The summed E-state index contributed by atoms with van der Waals surface area (Å²) < 4.78 is 0. The Hall–Kier alpha value is -0.730. The van der Waals surface area contributed by atoms with E-state index in [1.54, 1.807) is 0 Å². The maximum Gasteiger partial charge on any atom is 0.121 e. The summed E-state index contributed by atoms with van der Waals surface area (Å²) in [5.74, 6) is 0.823. The molecule has 0 amide bonds. The second-order valence-corrected chi connectivity index (χ2v) is 4.15. The summed E-state index contributed by atoms with van der Waals surface area (Å²) in [6.45, 7) is 1.05. The van der Waals surface area contributed by atoms with Crippen molar-refractivity contribution < 1.29 is 0 Å². The van der Waals surface area contributed by atoms with Crippen LogP contribution in [0.5, 0.6) is 0 Å². The summed E-state index contributed by atoms with van der Waals surface area (Å²) in [5.41, 5.74) is 5.68. The molecule has 3 heteroatoms.